The Morgan fingerprint density at radius 3 is 2.48 bits per heavy atom. The number of nitrogens with zero attached hydrogens (tertiary/aromatic N) is 3. The van der Waals surface area contributed by atoms with Gasteiger partial charge in [0.1, 0.15) is 0 Å². The largest absolute Gasteiger partial charge is 0.371 e. The van der Waals surface area contributed by atoms with E-state index in [0.717, 1.165) is 37.2 Å². The van der Waals surface area contributed by atoms with Crippen molar-refractivity contribution in [3.63, 3.8) is 0 Å². The predicted molar refractivity (Wildman–Crippen MR) is 96.8 cm³/mol. The van der Waals surface area contributed by atoms with Gasteiger partial charge in [-0.05, 0) is 24.5 Å². The van der Waals surface area contributed by atoms with Crippen LogP contribution in [0.5, 0.6) is 0 Å². The number of hydrogen-bond donors (Lipinski definition) is 0. The van der Waals surface area contributed by atoms with Gasteiger partial charge in [-0.2, -0.15) is 0 Å². The van der Waals surface area contributed by atoms with Crippen molar-refractivity contribution in [2.75, 3.05) is 25.0 Å². The van der Waals surface area contributed by atoms with Crippen LogP contribution in [0.2, 0.25) is 0 Å². The Labute approximate surface area is 146 Å². The van der Waals surface area contributed by atoms with Gasteiger partial charge in [0, 0.05) is 38.8 Å². The zero-order valence-corrected chi connectivity index (χ0v) is 14.2. The summed E-state index contributed by atoms with van der Waals surface area (Å²) in [6.45, 7) is 2.21. The first-order valence-corrected chi connectivity index (χ1v) is 8.39. The monoisotopic (exact) mass is 339 g/mol. The molecule has 0 saturated carbocycles. The molecule has 0 bridgehead atoms. The van der Waals surface area contributed by atoms with Gasteiger partial charge in [-0.3, -0.25) is 14.9 Å². The average molecular weight is 339 g/mol. The quantitative estimate of drug-likeness (QED) is 0.618. The number of anilines is 1. The fraction of sp³-hybridized carbons (Fsp3) is 0.316. The fourth-order valence-corrected chi connectivity index (χ4v) is 3.18. The normalized spacial score (nSPS) is 13.7. The molecule has 0 radical (unpaired) electrons. The molecule has 1 aliphatic rings. The Balaban J connectivity index is 1.90. The molecule has 0 spiro atoms. The Hall–Kier alpha value is -2.89. The molecule has 1 aliphatic heterocycles. The predicted octanol–water partition coefficient (Wildman–Crippen LogP) is 3.47. The number of non-ortho nitro benzene ring substituents is 1. The molecule has 1 saturated heterocycles. The van der Waals surface area contributed by atoms with Crippen LogP contribution in [-0.4, -0.2) is 35.9 Å². The van der Waals surface area contributed by atoms with Crippen LogP contribution in [0.15, 0.2) is 48.5 Å². The smallest absolute Gasteiger partial charge is 0.270 e. The van der Waals surface area contributed by atoms with E-state index in [1.165, 1.54) is 12.1 Å². The molecule has 6 nitrogen and oxygen atoms in total. The SMILES string of the molecule is CN(Cc1ccccc1)C(=O)c1cc([N+](=O)[O-])ccc1N1CCCC1. The van der Waals surface area contributed by atoms with E-state index >= 15 is 0 Å². The minimum atomic E-state index is -0.457. The zero-order chi connectivity index (χ0) is 17.8. The number of carbonyl (C=O) groups is 1. The van der Waals surface area contributed by atoms with Crippen molar-refractivity contribution < 1.29 is 9.72 Å². The third-order valence-corrected chi connectivity index (χ3v) is 4.48. The van der Waals surface area contributed by atoms with E-state index in [9.17, 15) is 14.9 Å². The molecule has 6 heteroatoms. The van der Waals surface area contributed by atoms with Crippen molar-refractivity contribution in [3.05, 3.63) is 69.8 Å². The van der Waals surface area contributed by atoms with Gasteiger partial charge in [0.25, 0.3) is 11.6 Å². The van der Waals surface area contributed by atoms with E-state index in [1.54, 1.807) is 18.0 Å². The summed E-state index contributed by atoms with van der Waals surface area (Å²) in [5.41, 5.74) is 2.15. The summed E-state index contributed by atoms with van der Waals surface area (Å²) in [6.07, 6.45) is 2.15. The van der Waals surface area contributed by atoms with Crippen molar-refractivity contribution in [2.24, 2.45) is 0 Å². The summed E-state index contributed by atoms with van der Waals surface area (Å²) >= 11 is 0. The lowest BCUT2D eigenvalue weighted by Crippen LogP contribution is -2.29. The number of benzene rings is 2. The molecule has 0 atom stereocenters. The number of nitro benzene ring substituents is 1. The number of amides is 1. The van der Waals surface area contributed by atoms with E-state index in [1.807, 2.05) is 30.3 Å². The minimum Gasteiger partial charge on any atom is -0.371 e. The summed E-state index contributed by atoms with van der Waals surface area (Å²) in [5, 5.41) is 11.1. The first-order chi connectivity index (χ1) is 12.1. The standard InChI is InChI=1S/C19H21N3O3/c1-20(14-15-7-3-2-4-8-15)19(23)17-13-16(22(24)25)9-10-18(17)21-11-5-6-12-21/h2-4,7-10,13H,5-6,11-12,14H2,1H3. The second kappa shape index (κ2) is 7.34. The van der Waals surface area contributed by atoms with Crippen LogP contribution in [0.25, 0.3) is 0 Å². The Morgan fingerprint density at radius 2 is 1.84 bits per heavy atom. The molecule has 1 heterocycles. The van der Waals surface area contributed by atoms with Gasteiger partial charge in [0.15, 0.2) is 0 Å². The molecule has 2 aromatic carbocycles. The van der Waals surface area contributed by atoms with Crippen molar-refractivity contribution in [3.8, 4) is 0 Å². The summed E-state index contributed by atoms with van der Waals surface area (Å²) in [4.78, 5) is 27.4. The van der Waals surface area contributed by atoms with E-state index in [2.05, 4.69) is 4.90 Å². The van der Waals surface area contributed by atoms with Gasteiger partial charge in [0.2, 0.25) is 0 Å². The van der Waals surface area contributed by atoms with Gasteiger partial charge in [-0.25, -0.2) is 0 Å². The molecular formula is C19H21N3O3. The first kappa shape index (κ1) is 17.0. The minimum absolute atomic E-state index is 0.0561. The van der Waals surface area contributed by atoms with E-state index in [0.29, 0.717) is 12.1 Å². The maximum atomic E-state index is 13.0. The van der Waals surface area contributed by atoms with Gasteiger partial charge in [-0.15, -0.1) is 0 Å². The molecule has 1 fully saturated rings. The number of carbonyl (C=O) groups excluding carboxylic acids is 1. The molecule has 130 valence electrons. The first-order valence-electron chi connectivity index (χ1n) is 8.39. The topological polar surface area (TPSA) is 66.7 Å². The number of hydrogen-bond acceptors (Lipinski definition) is 4. The van der Waals surface area contributed by atoms with Gasteiger partial charge in [-0.1, -0.05) is 30.3 Å². The highest BCUT2D eigenvalue weighted by atomic mass is 16.6. The summed E-state index contributed by atoms with van der Waals surface area (Å²) in [5.74, 6) is -0.200. The molecule has 3 rings (SSSR count). The summed E-state index contributed by atoms with van der Waals surface area (Å²) in [6, 6.07) is 14.3. The van der Waals surface area contributed by atoms with Crippen molar-refractivity contribution in [1.82, 2.24) is 4.90 Å². The Kier molecular flexibility index (Phi) is 4.97. The van der Waals surface area contributed by atoms with E-state index < -0.39 is 4.92 Å². The molecule has 0 aliphatic carbocycles. The van der Waals surface area contributed by atoms with Crippen LogP contribution in [-0.2, 0) is 6.54 Å². The number of nitro groups is 1. The third kappa shape index (κ3) is 3.79. The molecule has 1 amide bonds. The highest BCUT2D eigenvalue weighted by Crippen LogP contribution is 2.29. The zero-order valence-electron chi connectivity index (χ0n) is 14.2. The highest BCUT2D eigenvalue weighted by Gasteiger charge is 2.24. The molecule has 0 N–H and O–H groups in total. The van der Waals surface area contributed by atoms with Crippen molar-refractivity contribution >= 4 is 17.3 Å². The molecule has 2 aromatic rings. The summed E-state index contributed by atoms with van der Waals surface area (Å²) in [7, 11) is 1.72. The lowest BCUT2D eigenvalue weighted by Gasteiger charge is -2.24. The van der Waals surface area contributed by atoms with Crippen molar-refractivity contribution in [2.45, 2.75) is 19.4 Å². The maximum absolute atomic E-state index is 13.0. The molecular weight excluding hydrogens is 318 g/mol. The fourth-order valence-electron chi connectivity index (χ4n) is 3.18. The maximum Gasteiger partial charge on any atom is 0.270 e. The lowest BCUT2D eigenvalue weighted by molar-refractivity contribution is -0.384. The second-order valence-corrected chi connectivity index (χ2v) is 6.30. The molecule has 0 aromatic heterocycles. The number of rotatable bonds is 5. The molecule has 0 unspecified atom stereocenters. The van der Waals surface area contributed by atoms with E-state index in [4.69, 9.17) is 0 Å². The Bertz CT molecular complexity index is 771. The Morgan fingerprint density at radius 1 is 1.16 bits per heavy atom. The second-order valence-electron chi connectivity index (χ2n) is 6.30. The van der Waals surface area contributed by atoms with Crippen LogP contribution < -0.4 is 4.90 Å². The van der Waals surface area contributed by atoms with Crippen LogP contribution in [0.1, 0.15) is 28.8 Å². The van der Waals surface area contributed by atoms with Crippen LogP contribution in [0, 0.1) is 10.1 Å². The van der Waals surface area contributed by atoms with Crippen molar-refractivity contribution in [1.29, 1.82) is 0 Å². The van der Waals surface area contributed by atoms with Gasteiger partial charge >= 0.3 is 0 Å². The highest BCUT2D eigenvalue weighted by molar-refractivity contribution is 6.00. The van der Waals surface area contributed by atoms with E-state index in [-0.39, 0.29) is 11.6 Å². The summed E-state index contributed by atoms with van der Waals surface area (Å²) < 4.78 is 0. The van der Waals surface area contributed by atoms with Crippen LogP contribution in [0.4, 0.5) is 11.4 Å². The van der Waals surface area contributed by atoms with Crippen LogP contribution >= 0.6 is 0 Å². The van der Waals surface area contributed by atoms with Gasteiger partial charge < -0.3 is 9.80 Å². The average Bonchev–Trinajstić information content (AvgIpc) is 3.15. The lowest BCUT2D eigenvalue weighted by atomic mass is 10.1. The molecule has 25 heavy (non-hydrogen) atoms. The van der Waals surface area contributed by atoms with Gasteiger partial charge in [0.05, 0.1) is 16.2 Å². The third-order valence-electron chi connectivity index (χ3n) is 4.48. The van der Waals surface area contributed by atoms with Crippen LogP contribution in [0.3, 0.4) is 0 Å².